The Hall–Kier alpha value is -2.57. The summed E-state index contributed by atoms with van der Waals surface area (Å²) in [5.74, 6) is -0.918. The lowest BCUT2D eigenvalue weighted by atomic mass is 10.0. The van der Waals surface area contributed by atoms with Gasteiger partial charge in [0.15, 0.2) is 6.10 Å². The molecule has 2 unspecified atom stereocenters. The number of benzene rings is 1. The highest BCUT2D eigenvalue weighted by Gasteiger charge is 2.29. The fourth-order valence-corrected chi connectivity index (χ4v) is 2.42. The van der Waals surface area contributed by atoms with Gasteiger partial charge in [0.1, 0.15) is 11.8 Å². The van der Waals surface area contributed by atoms with Gasteiger partial charge in [-0.15, -0.1) is 0 Å². The van der Waals surface area contributed by atoms with Crippen molar-refractivity contribution in [2.24, 2.45) is 0 Å². The Bertz CT molecular complexity index is 645. The van der Waals surface area contributed by atoms with E-state index in [4.69, 9.17) is 4.74 Å². The van der Waals surface area contributed by atoms with E-state index >= 15 is 0 Å². The van der Waals surface area contributed by atoms with Crippen molar-refractivity contribution in [1.29, 1.82) is 0 Å². The van der Waals surface area contributed by atoms with E-state index in [1.54, 1.807) is 13.0 Å². The Labute approximate surface area is 154 Å². The lowest BCUT2D eigenvalue weighted by Gasteiger charge is -2.29. The minimum Gasteiger partial charge on any atom is -0.481 e. The summed E-state index contributed by atoms with van der Waals surface area (Å²) in [5, 5.41) is 11.8. The monoisotopic (exact) mass is 364 g/mol. The Kier molecular flexibility index (Phi) is 8.09. The smallest absolute Gasteiger partial charge is 0.326 e. The van der Waals surface area contributed by atoms with Gasteiger partial charge in [-0.05, 0) is 37.5 Å². The van der Waals surface area contributed by atoms with Crippen molar-refractivity contribution < 1.29 is 24.2 Å². The normalized spacial score (nSPS) is 13.0. The van der Waals surface area contributed by atoms with Gasteiger partial charge in [0.2, 0.25) is 5.91 Å². The number of nitrogens with zero attached hydrogens (tertiary/aromatic N) is 1. The number of rotatable bonds is 9. The maximum Gasteiger partial charge on any atom is 0.326 e. The summed E-state index contributed by atoms with van der Waals surface area (Å²) in [7, 11) is 0. The minimum atomic E-state index is -1.12. The summed E-state index contributed by atoms with van der Waals surface area (Å²) in [6, 6.07) is 6.45. The van der Waals surface area contributed by atoms with E-state index in [9.17, 15) is 19.5 Å². The topological polar surface area (TPSA) is 95.9 Å². The molecule has 0 aliphatic heterocycles. The van der Waals surface area contributed by atoms with Crippen LogP contribution >= 0.6 is 0 Å². The number of hydrogen-bond donors (Lipinski definition) is 2. The molecule has 0 radical (unpaired) electrons. The first-order chi connectivity index (χ1) is 12.1. The van der Waals surface area contributed by atoms with E-state index in [2.05, 4.69) is 19.2 Å². The maximum absolute atomic E-state index is 12.7. The second kappa shape index (κ2) is 9.79. The Morgan fingerprint density at radius 2 is 1.85 bits per heavy atom. The van der Waals surface area contributed by atoms with Crippen molar-refractivity contribution in [2.75, 3.05) is 13.1 Å². The van der Waals surface area contributed by atoms with Gasteiger partial charge in [0, 0.05) is 20.0 Å². The average molecular weight is 364 g/mol. The van der Waals surface area contributed by atoms with Crippen molar-refractivity contribution >= 4 is 17.8 Å². The van der Waals surface area contributed by atoms with Crippen LogP contribution in [0.25, 0.3) is 0 Å². The van der Waals surface area contributed by atoms with E-state index in [0.717, 1.165) is 5.56 Å². The van der Waals surface area contributed by atoms with Gasteiger partial charge in [0.25, 0.3) is 5.91 Å². The van der Waals surface area contributed by atoms with E-state index < -0.39 is 24.0 Å². The molecule has 0 bridgehead atoms. The van der Waals surface area contributed by atoms with Gasteiger partial charge in [-0.3, -0.25) is 9.59 Å². The largest absolute Gasteiger partial charge is 0.481 e. The van der Waals surface area contributed by atoms with Gasteiger partial charge in [-0.2, -0.15) is 0 Å². The zero-order valence-corrected chi connectivity index (χ0v) is 16.0. The highest BCUT2D eigenvalue weighted by atomic mass is 16.5. The summed E-state index contributed by atoms with van der Waals surface area (Å²) in [6.07, 6.45) is -0.850. The van der Waals surface area contributed by atoms with Gasteiger partial charge in [-0.25, -0.2) is 4.79 Å². The quantitative estimate of drug-likeness (QED) is 0.699. The first-order valence-electron chi connectivity index (χ1n) is 8.67. The summed E-state index contributed by atoms with van der Waals surface area (Å²) < 4.78 is 5.73. The van der Waals surface area contributed by atoms with Crippen molar-refractivity contribution in [3.05, 3.63) is 29.8 Å². The van der Waals surface area contributed by atoms with Gasteiger partial charge in [-0.1, -0.05) is 26.0 Å². The van der Waals surface area contributed by atoms with Crippen LogP contribution in [0.2, 0.25) is 0 Å². The molecule has 1 rings (SSSR count). The van der Waals surface area contributed by atoms with Gasteiger partial charge < -0.3 is 20.1 Å². The number of carbonyl (C=O) groups excluding carboxylic acids is 2. The van der Waals surface area contributed by atoms with Gasteiger partial charge in [0.05, 0.1) is 0 Å². The Balaban J connectivity index is 2.86. The highest BCUT2D eigenvalue weighted by Crippen LogP contribution is 2.21. The molecular formula is C19H28N2O5. The summed E-state index contributed by atoms with van der Waals surface area (Å²) in [5.41, 5.74) is 1.09. The summed E-state index contributed by atoms with van der Waals surface area (Å²) >= 11 is 0. The van der Waals surface area contributed by atoms with Crippen LogP contribution < -0.4 is 10.1 Å². The average Bonchev–Trinajstić information content (AvgIpc) is 2.57. The van der Waals surface area contributed by atoms with Crippen LogP contribution in [0, 0.1) is 0 Å². The molecule has 0 aromatic heterocycles. The molecule has 7 nitrogen and oxygen atoms in total. The SMILES string of the molecule is CC(=O)NCCN(C(=O)C(C)Oc1cccc(C(C)C)c1)C(C)C(=O)O. The maximum atomic E-state index is 12.7. The highest BCUT2D eigenvalue weighted by molar-refractivity contribution is 5.86. The van der Waals surface area contributed by atoms with Crippen LogP contribution in [0.1, 0.15) is 46.1 Å². The third-order valence-electron chi connectivity index (χ3n) is 4.02. The number of nitrogens with one attached hydrogen (secondary N) is 1. The van der Waals surface area contributed by atoms with Crippen molar-refractivity contribution in [1.82, 2.24) is 10.2 Å². The predicted octanol–water partition coefficient (Wildman–Crippen LogP) is 2.02. The fraction of sp³-hybridized carbons (Fsp3) is 0.526. The Morgan fingerprint density at radius 1 is 1.19 bits per heavy atom. The molecule has 0 saturated carbocycles. The molecule has 7 heteroatoms. The molecule has 0 fully saturated rings. The molecule has 0 heterocycles. The lowest BCUT2D eigenvalue weighted by Crippen LogP contribution is -2.51. The third kappa shape index (κ3) is 6.38. The molecular weight excluding hydrogens is 336 g/mol. The molecule has 26 heavy (non-hydrogen) atoms. The molecule has 1 aromatic rings. The van der Waals surface area contributed by atoms with E-state index in [0.29, 0.717) is 11.7 Å². The second-order valence-corrected chi connectivity index (χ2v) is 6.52. The predicted molar refractivity (Wildman–Crippen MR) is 98.1 cm³/mol. The molecule has 1 aromatic carbocycles. The molecule has 144 valence electrons. The number of aliphatic carboxylic acids is 1. The second-order valence-electron chi connectivity index (χ2n) is 6.52. The van der Waals surface area contributed by atoms with Crippen LogP contribution in [0.15, 0.2) is 24.3 Å². The van der Waals surface area contributed by atoms with E-state index in [1.165, 1.54) is 18.7 Å². The Morgan fingerprint density at radius 3 is 2.38 bits per heavy atom. The molecule has 0 aliphatic carbocycles. The number of carbonyl (C=O) groups is 3. The zero-order valence-electron chi connectivity index (χ0n) is 16.0. The first-order valence-corrected chi connectivity index (χ1v) is 8.67. The lowest BCUT2D eigenvalue weighted by molar-refractivity contribution is -0.152. The van der Waals surface area contributed by atoms with Crippen molar-refractivity contribution in [3.8, 4) is 5.75 Å². The van der Waals surface area contributed by atoms with Crippen molar-refractivity contribution in [3.63, 3.8) is 0 Å². The zero-order chi connectivity index (χ0) is 19.9. The number of hydrogen-bond acceptors (Lipinski definition) is 4. The molecule has 2 atom stereocenters. The fourth-order valence-electron chi connectivity index (χ4n) is 2.42. The molecule has 2 amide bonds. The number of amides is 2. The van der Waals surface area contributed by atoms with Crippen LogP contribution in [0.5, 0.6) is 5.75 Å². The number of ether oxygens (including phenoxy) is 1. The minimum absolute atomic E-state index is 0.0889. The molecule has 0 saturated heterocycles. The molecule has 0 aliphatic rings. The standard InChI is InChI=1S/C19H28N2O5/c1-12(2)16-7-6-8-17(11-16)26-14(4)18(23)21(13(3)19(24)25)10-9-20-15(5)22/h6-8,11-14H,9-10H2,1-5H3,(H,20,22)(H,24,25). The van der Waals surface area contributed by atoms with Gasteiger partial charge >= 0.3 is 5.97 Å². The molecule has 2 N–H and O–H groups in total. The van der Waals surface area contributed by atoms with Crippen LogP contribution in [0.4, 0.5) is 0 Å². The van der Waals surface area contributed by atoms with Crippen LogP contribution in [-0.4, -0.2) is 53.0 Å². The summed E-state index contributed by atoms with van der Waals surface area (Å²) in [6.45, 7) is 8.77. The molecule has 0 spiro atoms. The first kappa shape index (κ1) is 21.5. The van der Waals surface area contributed by atoms with Crippen molar-refractivity contribution in [2.45, 2.75) is 52.7 Å². The van der Waals surface area contributed by atoms with Crippen LogP contribution in [-0.2, 0) is 14.4 Å². The van der Waals surface area contributed by atoms with E-state index in [1.807, 2.05) is 18.2 Å². The van der Waals surface area contributed by atoms with Crippen LogP contribution in [0.3, 0.4) is 0 Å². The van der Waals surface area contributed by atoms with E-state index in [-0.39, 0.29) is 19.0 Å². The third-order valence-corrected chi connectivity index (χ3v) is 4.02. The summed E-state index contributed by atoms with van der Waals surface area (Å²) in [4.78, 5) is 36.2. The number of carboxylic acids is 1. The number of carboxylic acid groups (broad SMARTS) is 1.